The highest BCUT2D eigenvalue weighted by atomic mass is 32.1. The summed E-state index contributed by atoms with van der Waals surface area (Å²) in [5.74, 6) is 1.18. The molecule has 0 saturated heterocycles. The van der Waals surface area contributed by atoms with Gasteiger partial charge >= 0.3 is 0 Å². The molecule has 2 heterocycles. The topological polar surface area (TPSA) is 62.4 Å². The average Bonchev–Trinajstić information content (AvgIpc) is 2.98. The number of aromatic nitrogens is 2. The number of thiophene rings is 1. The van der Waals surface area contributed by atoms with E-state index in [4.69, 9.17) is 4.52 Å². The number of likely N-dealkylation sites (N-methyl/N-ethyl adjacent to an activating group) is 1. The molecule has 0 radical (unpaired) electrons. The molecule has 0 fully saturated rings. The summed E-state index contributed by atoms with van der Waals surface area (Å²) in [5.41, 5.74) is -0.308. The van der Waals surface area contributed by atoms with Crippen molar-refractivity contribution in [1.82, 2.24) is 15.0 Å². The molecule has 6 heteroatoms. The summed E-state index contributed by atoms with van der Waals surface area (Å²) in [7, 11) is 1.92. The first kappa shape index (κ1) is 13.2. The van der Waals surface area contributed by atoms with Crippen LogP contribution in [-0.2, 0) is 6.54 Å². The van der Waals surface area contributed by atoms with E-state index in [9.17, 15) is 5.11 Å². The summed E-state index contributed by atoms with van der Waals surface area (Å²) >= 11 is 1.58. The highest BCUT2D eigenvalue weighted by Gasteiger charge is 2.24. The van der Waals surface area contributed by atoms with Gasteiger partial charge in [0.2, 0.25) is 11.7 Å². The van der Waals surface area contributed by atoms with Crippen molar-refractivity contribution in [3.63, 3.8) is 0 Å². The number of nitrogens with zero attached hydrogens (tertiary/aromatic N) is 3. The lowest BCUT2D eigenvalue weighted by molar-refractivity contribution is 0.0652. The molecule has 1 N–H and O–H groups in total. The Morgan fingerprint density at radius 2 is 2.28 bits per heavy atom. The molecule has 18 heavy (non-hydrogen) atoms. The van der Waals surface area contributed by atoms with E-state index in [1.165, 1.54) is 0 Å². The molecule has 2 aromatic rings. The lowest BCUT2D eigenvalue weighted by Gasteiger charge is -2.32. The van der Waals surface area contributed by atoms with E-state index in [1.807, 2.05) is 43.3 Å². The first-order valence-electron chi connectivity index (χ1n) is 5.71. The minimum atomic E-state index is -0.308. The Bertz CT molecular complexity index is 493. The predicted molar refractivity (Wildman–Crippen MR) is 70.2 cm³/mol. The van der Waals surface area contributed by atoms with Gasteiger partial charge in [-0.1, -0.05) is 11.2 Å². The van der Waals surface area contributed by atoms with Gasteiger partial charge in [0.25, 0.3) is 0 Å². The fraction of sp³-hybridized carbons (Fsp3) is 0.500. The monoisotopic (exact) mass is 267 g/mol. The summed E-state index contributed by atoms with van der Waals surface area (Å²) < 4.78 is 5.22. The fourth-order valence-corrected chi connectivity index (χ4v) is 2.01. The van der Waals surface area contributed by atoms with Crippen LogP contribution in [0.4, 0.5) is 0 Å². The van der Waals surface area contributed by atoms with Crippen LogP contribution in [0, 0.1) is 0 Å². The molecule has 0 unspecified atom stereocenters. The number of aliphatic hydroxyl groups is 1. The van der Waals surface area contributed by atoms with Gasteiger partial charge in [-0.15, -0.1) is 11.3 Å². The zero-order chi connectivity index (χ0) is 13.2. The Hall–Kier alpha value is -1.24. The zero-order valence-electron chi connectivity index (χ0n) is 10.8. The minimum absolute atomic E-state index is 0.0788. The summed E-state index contributed by atoms with van der Waals surface area (Å²) in [6.45, 7) is 4.52. The second kappa shape index (κ2) is 5.17. The second-order valence-electron chi connectivity index (χ2n) is 4.82. The number of hydrogen-bond donors (Lipinski definition) is 1. The van der Waals surface area contributed by atoms with Gasteiger partial charge < -0.3 is 9.63 Å². The molecule has 0 aliphatic rings. The van der Waals surface area contributed by atoms with Crippen molar-refractivity contribution in [1.29, 1.82) is 0 Å². The normalized spacial score (nSPS) is 12.3. The van der Waals surface area contributed by atoms with Crippen LogP contribution in [0.3, 0.4) is 0 Å². The van der Waals surface area contributed by atoms with Gasteiger partial charge in [0, 0.05) is 5.54 Å². The SMILES string of the molecule is CN(Cc1nc(-c2cccs2)no1)C(C)(C)CO. The third kappa shape index (κ3) is 2.77. The Morgan fingerprint density at radius 1 is 1.50 bits per heavy atom. The molecular weight excluding hydrogens is 250 g/mol. The quantitative estimate of drug-likeness (QED) is 0.897. The maximum Gasteiger partial charge on any atom is 0.241 e. The van der Waals surface area contributed by atoms with Crippen LogP contribution in [0.2, 0.25) is 0 Å². The van der Waals surface area contributed by atoms with Gasteiger partial charge in [-0.05, 0) is 32.3 Å². The van der Waals surface area contributed by atoms with Crippen LogP contribution >= 0.6 is 11.3 Å². The molecule has 0 aliphatic heterocycles. The van der Waals surface area contributed by atoms with Gasteiger partial charge in [0.05, 0.1) is 18.0 Å². The summed E-state index contributed by atoms with van der Waals surface area (Å²) in [6, 6.07) is 3.91. The first-order valence-corrected chi connectivity index (χ1v) is 6.59. The van der Waals surface area contributed by atoms with E-state index in [0.29, 0.717) is 18.3 Å². The number of rotatable bonds is 5. The average molecular weight is 267 g/mol. The molecular formula is C12H17N3O2S. The van der Waals surface area contributed by atoms with Crippen molar-refractivity contribution in [3.8, 4) is 10.7 Å². The van der Waals surface area contributed by atoms with Crippen LogP contribution in [0.25, 0.3) is 10.7 Å². The summed E-state index contributed by atoms with van der Waals surface area (Å²) in [6.07, 6.45) is 0. The van der Waals surface area contributed by atoms with Crippen molar-refractivity contribution in [3.05, 3.63) is 23.4 Å². The molecule has 0 bridgehead atoms. The van der Waals surface area contributed by atoms with E-state index in [2.05, 4.69) is 10.1 Å². The van der Waals surface area contributed by atoms with Crippen molar-refractivity contribution in [2.45, 2.75) is 25.9 Å². The van der Waals surface area contributed by atoms with E-state index in [-0.39, 0.29) is 12.1 Å². The molecule has 0 saturated carbocycles. The minimum Gasteiger partial charge on any atom is -0.394 e. The van der Waals surface area contributed by atoms with Crippen LogP contribution < -0.4 is 0 Å². The third-order valence-electron chi connectivity index (χ3n) is 3.00. The largest absolute Gasteiger partial charge is 0.394 e. The Morgan fingerprint density at radius 3 is 2.89 bits per heavy atom. The van der Waals surface area contributed by atoms with Gasteiger partial charge in [0.15, 0.2) is 0 Å². The zero-order valence-corrected chi connectivity index (χ0v) is 11.6. The maximum atomic E-state index is 9.29. The highest BCUT2D eigenvalue weighted by Crippen LogP contribution is 2.22. The molecule has 0 amide bonds. The van der Waals surface area contributed by atoms with Crippen LogP contribution in [0.1, 0.15) is 19.7 Å². The van der Waals surface area contributed by atoms with E-state index in [1.54, 1.807) is 11.3 Å². The van der Waals surface area contributed by atoms with E-state index >= 15 is 0 Å². The molecule has 0 aromatic carbocycles. The van der Waals surface area contributed by atoms with Crippen LogP contribution in [-0.4, -0.2) is 39.3 Å². The standard InChI is InChI=1S/C12H17N3O2S/c1-12(2,8-16)15(3)7-10-13-11(14-17-10)9-5-4-6-18-9/h4-6,16H,7-8H2,1-3H3. The van der Waals surface area contributed by atoms with Crippen molar-refractivity contribution in [2.24, 2.45) is 0 Å². The van der Waals surface area contributed by atoms with Gasteiger partial charge in [-0.2, -0.15) is 4.98 Å². The number of hydrogen-bond acceptors (Lipinski definition) is 6. The van der Waals surface area contributed by atoms with Gasteiger partial charge in [-0.25, -0.2) is 0 Å². The van der Waals surface area contributed by atoms with Crippen LogP contribution in [0.5, 0.6) is 0 Å². The molecule has 5 nitrogen and oxygen atoms in total. The van der Waals surface area contributed by atoms with Gasteiger partial charge in [0.1, 0.15) is 0 Å². The predicted octanol–water partition coefficient (Wildman–Crippen LogP) is 2.00. The van der Waals surface area contributed by atoms with Crippen LogP contribution in [0.15, 0.2) is 22.0 Å². The summed E-state index contributed by atoms with van der Waals surface area (Å²) in [4.78, 5) is 7.33. The first-order chi connectivity index (χ1) is 8.53. The molecule has 98 valence electrons. The van der Waals surface area contributed by atoms with Crippen molar-refractivity contribution < 1.29 is 9.63 Å². The van der Waals surface area contributed by atoms with Crippen molar-refractivity contribution in [2.75, 3.05) is 13.7 Å². The third-order valence-corrected chi connectivity index (χ3v) is 3.87. The Kier molecular flexibility index (Phi) is 3.79. The highest BCUT2D eigenvalue weighted by molar-refractivity contribution is 7.13. The lowest BCUT2D eigenvalue weighted by Crippen LogP contribution is -2.43. The van der Waals surface area contributed by atoms with E-state index < -0.39 is 0 Å². The van der Waals surface area contributed by atoms with E-state index in [0.717, 1.165) is 4.88 Å². The molecule has 2 aromatic heterocycles. The Labute approximate surface area is 110 Å². The lowest BCUT2D eigenvalue weighted by atomic mass is 10.1. The maximum absolute atomic E-state index is 9.29. The molecule has 0 aliphatic carbocycles. The summed E-state index contributed by atoms with van der Waals surface area (Å²) in [5, 5.41) is 15.2. The fourth-order valence-electron chi connectivity index (χ4n) is 1.36. The van der Waals surface area contributed by atoms with Crippen molar-refractivity contribution >= 4 is 11.3 Å². The second-order valence-corrected chi connectivity index (χ2v) is 5.76. The number of aliphatic hydroxyl groups excluding tert-OH is 1. The molecule has 2 rings (SSSR count). The molecule has 0 spiro atoms. The molecule has 0 atom stereocenters. The Balaban J connectivity index is 2.08. The smallest absolute Gasteiger partial charge is 0.241 e. The van der Waals surface area contributed by atoms with Gasteiger partial charge in [-0.3, -0.25) is 4.90 Å².